The van der Waals surface area contributed by atoms with Crippen molar-refractivity contribution in [3.8, 4) is 11.5 Å². The minimum Gasteiger partial charge on any atom is -0.494 e. The van der Waals surface area contributed by atoms with Crippen LogP contribution in [0.25, 0.3) is 10.8 Å². The summed E-state index contributed by atoms with van der Waals surface area (Å²) in [7, 11) is 0. The van der Waals surface area contributed by atoms with Gasteiger partial charge in [-0.15, -0.1) is 11.6 Å². The van der Waals surface area contributed by atoms with Crippen LogP contribution in [-0.2, 0) is 0 Å². The van der Waals surface area contributed by atoms with Crippen LogP contribution in [0.5, 0.6) is 11.5 Å². The lowest BCUT2D eigenvalue weighted by Crippen LogP contribution is -2.05. The molecule has 0 spiro atoms. The lowest BCUT2D eigenvalue weighted by Gasteiger charge is -2.11. The highest BCUT2D eigenvalue weighted by molar-refractivity contribution is 6.20. The average Bonchev–Trinajstić information content (AvgIpc) is 2.53. The summed E-state index contributed by atoms with van der Waals surface area (Å²) in [6.45, 7) is 6.94. The summed E-state index contributed by atoms with van der Waals surface area (Å²) in [6, 6.07) is 12.4. The Morgan fingerprint density at radius 2 is 1.61 bits per heavy atom. The van der Waals surface area contributed by atoms with Crippen molar-refractivity contribution >= 4 is 22.4 Å². The van der Waals surface area contributed by atoms with Gasteiger partial charge in [0.05, 0.1) is 12.7 Å². The van der Waals surface area contributed by atoms with Gasteiger partial charge in [0.15, 0.2) is 0 Å². The molecule has 0 aliphatic rings. The Kier molecular flexibility index (Phi) is 7.04. The second kappa shape index (κ2) is 9.02. The number of hydrogen-bond donors (Lipinski definition) is 0. The first-order chi connectivity index (χ1) is 11.1. The molecule has 126 valence electrons. The van der Waals surface area contributed by atoms with E-state index in [9.17, 15) is 0 Å². The Hall–Kier alpha value is -1.41. The molecule has 0 heterocycles. The van der Waals surface area contributed by atoms with Crippen molar-refractivity contribution in [3.05, 3.63) is 36.4 Å². The molecule has 1 unspecified atom stereocenters. The number of rotatable bonds is 9. The molecule has 0 saturated heterocycles. The van der Waals surface area contributed by atoms with Crippen LogP contribution in [-0.4, -0.2) is 18.1 Å². The van der Waals surface area contributed by atoms with Crippen molar-refractivity contribution in [2.45, 2.75) is 57.9 Å². The van der Waals surface area contributed by atoms with Crippen molar-refractivity contribution in [2.24, 2.45) is 0 Å². The molecule has 2 rings (SSSR count). The molecule has 23 heavy (non-hydrogen) atoms. The van der Waals surface area contributed by atoms with Crippen LogP contribution in [0.1, 0.15) is 46.5 Å². The van der Waals surface area contributed by atoms with Crippen molar-refractivity contribution in [3.63, 3.8) is 0 Å². The van der Waals surface area contributed by atoms with Crippen LogP contribution in [0.2, 0.25) is 0 Å². The Labute approximate surface area is 144 Å². The first-order valence-electron chi connectivity index (χ1n) is 8.56. The molecule has 0 saturated carbocycles. The van der Waals surface area contributed by atoms with Gasteiger partial charge in [-0.2, -0.15) is 0 Å². The van der Waals surface area contributed by atoms with Crippen LogP contribution in [0.4, 0.5) is 0 Å². The third-order valence-corrected chi connectivity index (χ3v) is 4.31. The fourth-order valence-corrected chi connectivity index (χ4v) is 2.65. The molecule has 2 aromatic rings. The van der Waals surface area contributed by atoms with Crippen molar-refractivity contribution < 1.29 is 9.47 Å². The summed E-state index contributed by atoms with van der Waals surface area (Å²) in [5, 5.41) is 2.65. The van der Waals surface area contributed by atoms with E-state index in [0.29, 0.717) is 5.38 Å². The summed E-state index contributed by atoms with van der Waals surface area (Å²) in [4.78, 5) is 0. The summed E-state index contributed by atoms with van der Waals surface area (Å²) in [6.07, 6.45) is 4.46. The second-order valence-electron chi connectivity index (χ2n) is 6.19. The maximum absolute atomic E-state index is 6.12. The molecule has 2 nitrogen and oxygen atoms in total. The summed E-state index contributed by atoms with van der Waals surface area (Å²) in [5.41, 5.74) is 0. The zero-order chi connectivity index (χ0) is 16.7. The van der Waals surface area contributed by atoms with E-state index >= 15 is 0 Å². The molecule has 0 N–H and O–H groups in total. The fraction of sp³-hybridized carbons (Fsp3) is 0.500. The summed E-state index contributed by atoms with van der Waals surface area (Å²) in [5.74, 6) is 1.83. The molecular formula is C20H27ClO2. The van der Waals surface area contributed by atoms with Crippen LogP contribution >= 0.6 is 11.6 Å². The summed E-state index contributed by atoms with van der Waals surface area (Å²) >= 11 is 6.12. The quantitative estimate of drug-likeness (QED) is 0.402. The molecule has 0 aromatic heterocycles. The highest BCUT2D eigenvalue weighted by Crippen LogP contribution is 2.25. The SMILES string of the molecule is CCC(Cl)CCCCOc1ccc2cc(OC(C)C)ccc2c1. The van der Waals surface area contributed by atoms with E-state index in [1.165, 1.54) is 10.8 Å². The van der Waals surface area contributed by atoms with Gasteiger partial charge in [0.2, 0.25) is 0 Å². The molecule has 1 atom stereocenters. The Bertz CT molecular complexity index is 610. The Morgan fingerprint density at radius 1 is 0.957 bits per heavy atom. The molecule has 3 heteroatoms. The van der Waals surface area contributed by atoms with E-state index < -0.39 is 0 Å². The van der Waals surface area contributed by atoms with E-state index in [0.717, 1.165) is 43.8 Å². The highest BCUT2D eigenvalue weighted by Gasteiger charge is 2.03. The van der Waals surface area contributed by atoms with Gasteiger partial charge in [-0.3, -0.25) is 0 Å². The van der Waals surface area contributed by atoms with Gasteiger partial charge in [-0.1, -0.05) is 19.1 Å². The first-order valence-corrected chi connectivity index (χ1v) is 8.99. The normalized spacial score (nSPS) is 12.6. The predicted molar refractivity (Wildman–Crippen MR) is 99.0 cm³/mol. The van der Waals surface area contributed by atoms with Gasteiger partial charge in [-0.25, -0.2) is 0 Å². The van der Waals surface area contributed by atoms with E-state index in [2.05, 4.69) is 31.2 Å². The molecule has 0 aliphatic heterocycles. The lowest BCUT2D eigenvalue weighted by atomic mass is 10.1. The second-order valence-corrected chi connectivity index (χ2v) is 6.80. The standard InChI is InChI=1S/C20H27ClO2/c1-4-18(21)7-5-6-12-22-19-10-8-17-14-20(23-15(2)3)11-9-16(17)13-19/h8-11,13-15,18H,4-7,12H2,1-3H3. The van der Waals surface area contributed by atoms with Gasteiger partial charge in [0.1, 0.15) is 11.5 Å². The molecular weight excluding hydrogens is 308 g/mol. The zero-order valence-corrected chi connectivity index (χ0v) is 15.1. The molecule has 0 aliphatic carbocycles. The minimum atomic E-state index is 0.190. The summed E-state index contributed by atoms with van der Waals surface area (Å²) < 4.78 is 11.6. The third kappa shape index (κ3) is 5.95. The van der Waals surface area contributed by atoms with Gasteiger partial charge < -0.3 is 9.47 Å². The van der Waals surface area contributed by atoms with Crippen molar-refractivity contribution in [1.29, 1.82) is 0 Å². The number of fused-ring (bicyclic) bond motifs is 1. The number of halogens is 1. The number of benzene rings is 2. The van der Waals surface area contributed by atoms with E-state index in [1.54, 1.807) is 0 Å². The Morgan fingerprint density at radius 3 is 2.26 bits per heavy atom. The molecule has 0 fully saturated rings. The van der Waals surface area contributed by atoms with Crippen LogP contribution in [0.15, 0.2) is 36.4 Å². The van der Waals surface area contributed by atoms with Crippen molar-refractivity contribution in [2.75, 3.05) is 6.61 Å². The van der Waals surface area contributed by atoms with Crippen LogP contribution in [0, 0.1) is 0 Å². The van der Waals surface area contributed by atoms with Crippen LogP contribution < -0.4 is 9.47 Å². The first kappa shape index (κ1) is 17.9. The Balaban J connectivity index is 1.88. The molecule has 2 aromatic carbocycles. The fourth-order valence-electron chi connectivity index (χ4n) is 2.50. The monoisotopic (exact) mass is 334 g/mol. The lowest BCUT2D eigenvalue weighted by molar-refractivity contribution is 0.243. The molecule has 0 radical (unpaired) electrons. The molecule has 0 bridgehead atoms. The number of hydrogen-bond acceptors (Lipinski definition) is 2. The minimum absolute atomic E-state index is 0.190. The van der Waals surface area contributed by atoms with Gasteiger partial charge >= 0.3 is 0 Å². The maximum Gasteiger partial charge on any atom is 0.120 e. The van der Waals surface area contributed by atoms with Crippen LogP contribution in [0.3, 0.4) is 0 Å². The highest BCUT2D eigenvalue weighted by atomic mass is 35.5. The topological polar surface area (TPSA) is 18.5 Å². The predicted octanol–water partition coefficient (Wildman–Crippen LogP) is 6.19. The number of unbranched alkanes of at least 4 members (excludes halogenated alkanes) is 1. The molecule has 0 amide bonds. The van der Waals surface area contributed by atoms with Gasteiger partial charge in [0, 0.05) is 5.38 Å². The third-order valence-electron chi connectivity index (χ3n) is 3.78. The zero-order valence-electron chi connectivity index (χ0n) is 14.3. The van der Waals surface area contributed by atoms with E-state index in [1.807, 2.05) is 26.0 Å². The van der Waals surface area contributed by atoms with Gasteiger partial charge in [-0.05, 0) is 74.6 Å². The number of ether oxygens (including phenoxy) is 2. The largest absolute Gasteiger partial charge is 0.494 e. The van der Waals surface area contributed by atoms with Gasteiger partial charge in [0.25, 0.3) is 0 Å². The average molecular weight is 335 g/mol. The number of alkyl halides is 1. The van der Waals surface area contributed by atoms with E-state index in [4.69, 9.17) is 21.1 Å². The smallest absolute Gasteiger partial charge is 0.120 e. The van der Waals surface area contributed by atoms with E-state index in [-0.39, 0.29) is 6.10 Å². The maximum atomic E-state index is 6.12. The van der Waals surface area contributed by atoms with Crippen molar-refractivity contribution in [1.82, 2.24) is 0 Å².